The van der Waals surface area contributed by atoms with Gasteiger partial charge in [0.1, 0.15) is 4.83 Å². The van der Waals surface area contributed by atoms with Crippen molar-refractivity contribution in [3.05, 3.63) is 81.7 Å². The van der Waals surface area contributed by atoms with Crippen LogP contribution in [0.2, 0.25) is 0 Å². The third-order valence-electron chi connectivity index (χ3n) is 6.42. The molecule has 0 unspecified atom stereocenters. The van der Waals surface area contributed by atoms with Gasteiger partial charge in [0.2, 0.25) is 5.91 Å². The van der Waals surface area contributed by atoms with Crippen LogP contribution < -0.4 is 15.8 Å². The number of anilines is 1. The number of para-hydroxylation sites is 1. The number of nitrogens with one attached hydrogen (secondary N) is 1. The van der Waals surface area contributed by atoms with Crippen LogP contribution in [0.3, 0.4) is 0 Å². The molecule has 1 fully saturated rings. The van der Waals surface area contributed by atoms with Gasteiger partial charge < -0.3 is 10.2 Å². The summed E-state index contributed by atoms with van der Waals surface area (Å²) in [6.45, 7) is 4.96. The van der Waals surface area contributed by atoms with Gasteiger partial charge in [0.15, 0.2) is 0 Å². The minimum absolute atomic E-state index is 0.0766. The van der Waals surface area contributed by atoms with Crippen molar-refractivity contribution >= 4 is 33.1 Å². The molecule has 0 spiro atoms. The van der Waals surface area contributed by atoms with E-state index in [1.807, 2.05) is 48.7 Å². The molecule has 2 aromatic heterocycles. The SMILES string of the molecule is Cc1ccc(-c2csc3ncn(CCC(=O)NCc4ccccc4N4CCCC4)c(=O)c23)cc1. The number of amides is 1. The lowest BCUT2D eigenvalue weighted by Crippen LogP contribution is -2.28. The molecule has 7 heteroatoms. The van der Waals surface area contributed by atoms with Gasteiger partial charge in [-0.1, -0.05) is 48.0 Å². The number of thiophene rings is 1. The summed E-state index contributed by atoms with van der Waals surface area (Å²) in [5.41, 5.74) is 5.30. The van der Waals surface area contributed by atoms with E-state index in [2.05, 4.69) is 27.3 Å². The zero-order valence-electron chi connectivity index (χ0n) is 19.3. The number of hydrogen-bond acceptors (Lipinski definition) is 5. The molecule has 1 saturated heterocycles. The predicted molar refractivity (Wildman–Crippen MR) is 138 cm³/mol. The molecule has 0 bridgehead atoms. The molecule has 2 aromatic carbocycles. The maximum absolute atomic E-state index is 13.2. The van der Waals surface area contributed by atoms with E-state index in [4.69, 9.17) is 0 Å². The first-order valence-corrected chi connectivity index (χ1v) is 12.6. The number of carbonyl (C=O) groups excluding carboxylic acids is 1. The second-order valence-electron chi connectivity index (χ2n) is 8.79. The van der Waals surface area contributed by atoms with Crippen LogP contribution >= 0.6 is 11.3 Å². The number of hydrogen-bond donors (Lipinski definition) is 1. The highest BCUT2D eigenvalue weighted by atomic mass is 32.1. The predicted octanol–water partition coefficient (Wildman–Crippen LogP) is 4.74. The Morgan fingerprint density at radius 1 is 1.09 bits per heavy atom. The first kappa shape index (κ1) is 22.3. The number of rotatable bonds is 7. The summed E-state index contributed by atoms with van der Waals surface area (Å²) >= 11 is 1.47. The van der Waals surface area contributed by atoms with Gasteiger partial charge in [-0.25, -0.2) is 4.98 Å². The summed E-state index contributed by atoms with van der Waals surface area (Å²) < 4.78 is 1.55. The van der Waals surface area contributed by atoms with Crippen LogP contribution in [0.4, 0.5) is 5.69 Å². The van der Waals surface area contributed by atoms with Crippen molar-refractivity contribution < 1.29 is 4.79 Å². The molecule has 1 aliphatic rings. The average molecular weight is 473 g/mol. The number of aryl methyl sites for hydroxylation is 2. The van der Waals surface area contributed by atoms with Gasteiger partial charge in [-0.2, -0.15) is 0 Å². The molecule has 5 rings (SSSR count). The van der Waals surface area contributed by atoms with Crippen LogP contribution in [0, 0.1) is 6.92 Å². The summed E-state index contributed by atoms with van der Waals surface area (Å²) in [5.74, 6) is -0.0766. The second kappa shape index (κ2) is 9.81. The Kier molecular flexibility index (Phi) is 6.45. The van der Waals surface area contributed by atoms with Crippen molar-refractivity contribution in [1.29, 1.82) is 0 Å². The van der Waals surface area contributed by atoms with Gasteiger partial charge in [0, 0.05) is 49.2 Å². The molecule has 1 N–H and O–H groups in total. The fourth-order valence-electron chi connectivity index (χ4n) is 4.50. The molecule has 4 aromatic rings. The zero-order valence-corrected chi connectivity index (χ0v) is 20.1. The van der Waals surface area contributed by atoms with Gasteiger partial charge >= 0.3 is 0 Å². The van der Waals surface area contributed by atoms with E-state index >= 15 is 0 Å². The Balaban J connectivity index is 1.27. The topological polar surface area (TPSA) is 67.2 Å². The Hall–Kier alpha value is -3.45. The Morgan fingerprint density at radius 3 is 2.65 bits per heavy atom. The number of aromatic nitrogens is 2. The van der Waals surface area contributed by atoms with Crippen LogP contribution in [0.25, 0.3) is 21.3 Å². The molecule has 174 valence electrons. The first-order chi connectivity index (χ1) is 16.6. The third kappa shape index (κ3) is 4.61. The highest BCUT2D eigenvalue weighted by Crippen LogP contribution is 2.30. The minimum atomic E-state index is -0.103. The number of fused-ring (bicyclic) bond motifs is 1. The Morgan fingerprint density at radius 2 is 1.85 bits per heavy atom. The number of benzene rings is 2. The van der Waals surface area contributed by atoms with Crippen LogP contribution in [0.15, 0.2) is 65.0 Å². The van der Waals surface area contributed by atoms with E-state index < -0.39 is 0 Å². The number of nitrogens with zero attached hydrogens (tertiary/aromatic N) is 3. The van der Waals surface area contributed by atoms with Gasteiger partial charge in [0.05, 0.1) is 11.7 Å². The van der Waals surface area contributed by atoms with E-state index in [0.717, 1.165) is 34.6 Å². The smallest absolute Gasteiger partial charge is 0.262 e. The first-order valence-electron chi connectivity index (χ1n) is 11.7. The van der Waals surface area contributed by atoms with Crippen LogP contribution in [0.5, 0.6) is 0 Å². The Bertz CT molecular complexity index is 1370. The summed E-state index contributed by atoms with van der Waals surface area (Å²) in [5, 5.41) is 5.63. The van der Waals surface area contributed by atoms with Gasteiger partial charge in [-0.15, -0.1) is 11.3 Å². The number of carbonyl (C=O) groups is 1. The summed E-state index contributed by atoms with van der Waals surface area (Å²) in [6.07, 6.45) is 4.20. The lowest BCUT2D eigenvalue weighted by molar-refractivity contribution is -0.121. The summed E-state index contributed by atoms with van der Waals surface area (Å²) in [4.78, 5) is 33.4. The summed E-state index contributed by atoms with van der Waals surface area (Å²) in [7, 11) is 0. The highest BCUT2D eigenvalue weighted by Gasteiger charge is 2.16. The fraction of sp³-hybridized carbons (Fsp3) is 0.296. The fourth-order valence-corrected chi connectivity index (χ4v) is 5.41. The van der Waals surface area contributed by atoms with E-state index in [1.165, 1.54) is 35.4 Å². The molecule has 34 heavy (non-hydrogen) atoms. The molecule has 3 heterocycles. The lowest BCUT2D eigenvalue weighted by Gasteiger charge is -2.21. The molecular formula is C27H28N4O2S. The van der Waals surface area contributed by atoms with Gasteiger partial charge in [0.25, 0.3) is 5.56 Å². The van der Waals surface area contributed by atoms with Crippen LogP contribution in [0.1, 0.15) is 30.4 Å². The molecule has 0 radical (unpaired) electrons. The van der Waals surface area contributed by atoms with Crippen molar-refractivity contribution in [2.24, 2.45) is 0 Å². The van der Waals surface area contributed by atoms with E-state index in [1.54, 1.807) is 10.9 Å². The second-order valence-corrected chi connectivity index (χ2v) is 9.65. The highest BCUT2D eigenvalue weighted by molar-refractivity contribution is 7.17. The van der Waals surface area contributed by atoms with Crippen molar-refractivity contribution in [2.45, 2.75) is 39.3 Å². The van der Waals surface area contributed by atoms with Gasteiger partial charge in [-0.3, -0.25) is 14.2 Å². The molecule has 1 amide bonds. The molecule has 0 aliphatic carbocycles. The summed E-state index contributed by atoms with van der Waals surface area (Å²) in [6, 6.07) is 16.4. The molecular weight excluding hydrogens is 444 g/mol. The van der Waals surface area contributed by atoms with Crippen molar-refractivity contribution in [2.75, 3.05) is 18.0 Å². The Labute approximate surface area is 202 Å². The quantitative estimate of drug-likeness (QED) is 0.422. The maximum atomic E-state index is 13.2. The van der Waals surface area contributed by atoms with Gasteiger partial charge in [-0.05, 0) is 37.0 Å². The van der Waals surface area contributed by atoms with Crippen molar-refractivity contribution in [3.8, 4) is 11.1 Å². The molecule has 0 saturated carbocycles. The van der Waals surface area contributed by atoms with Crippen molar-refractivity contribution in [3.63, 3.8) is 0 Å². The largest absolute Gasteiger partial charge is 0.371 e. The van der Waals surface area contributed by atoms with E-state index in [-0.39, 0.29) is 17.9 Å². The molecule has 1 aliphatic heterocycles. The monoisotopic (exact) mass is 472 g/mol. The standard InChI is InChI=1S/C27H28N4O2S/c1-19-8-10-20(11-9-19)22-17-34-26-25(22)27(33)31(18-29-26)15-12-24(32)28-16-21-6-2-3-7-23(21)30-13-4-5-14-30/h2-3,6-11,17-18H,4-5,12-16H2,1H3,(H,28,32). The zero-order chi connectivity index (χ0) is 23.5. The average Bonchev–Trinajstić information content (AvgIpc) is 3.54. The third-order valence-corrected chi connectivity index (χ3v) is 7.30. The minimum Gasteiger partial charge on any atom is -0.371 e. The van der Waals surface area contributed by atoms with Crippen LogP contribution in [-0.4, -0.2) is 28.5 Å². The van der Waals surface area contributed by atoms with Crippen LogP contribution in [-0.2, 0) is 17.9 Å². The maximum Gasteiger partial charge on any atom is 0.262 e. The van der Waals surface area contributed by atoms with E-state index in [9.17, 15) is 9.59 Å². The normalized spacial score (nSPS) is 13.5. The molecule has 0 atom stereocenters. The van der Waals surface area contributed by atoms with E-state index in [0.29, 0.717) is 18.5 Å². The molecule has 6 nitrogen and oxygen atoms in total. The van der Waals surface area contributed by atoms with Crippen molar-refractivity contribution in [1.82, 2.24) is 14.9 Å². The lowest BCUT2D eigenvalue weighted by atomic mass is 10.1.